The number of nitrogens with zero attached hydrogens (tertiary/aromatic N) is 1. The molecule has 0 aliphatic carbocycles. The zero-order chi connectivity index (χ0) is 15.5. The molecule has 0 radical (unpaired) electrons. The zero-order valence-corrected chi connectivity index (χ0v) is 13.3. The molecular weight excluding hydrogens is 290 g/mol. The molecule has 1 saturated heterocycles. The third-order valence-electron chi connectivity index (χ3n) is 3.71. The quantitative estimate of drug-likeness (QED) is 0.771. The van der Waals surface area contributed by atoms with Crippen LogP contribution in [0.2, 0.25) is 0 Å². The second kappa shape index (κ2) is 6.64. The monoisotopic (exact) mass is 313 g/mol. The van der Waals surface area contributed by atoms with Gasteiger partial charge in [0.25, 0.3) is 0 Å². The Bertz CT molecular complexity index is 583. The molecular formula is C14H23N3O3S. The van der Waals surface area contributed by atoms with Crippen molar-refractivity contribution in [2.45, 2.75) is 30.8 Å². The summed E-state index contributed by atoms with van der Waals surface area (Å²) in [5.74, 6) is 0. The van der Waals surface area contributed by atoms with Crippen LogP contribution in [0, 0.1) is 0 Å². The summed E-state index contributed by atoms with van der Waals surface area (Å²) in [6.45, 7) is 4.18. The third-order valence-corrected chi connectivity index (χ3v) is 5.16. The van der Waals surface area contributed by atoms with E-state index in [1.165, 1.54) is 13.1 Å². The fraction of sp³-hybridized carbons (Fsp3) is 0.571. The third kappa shape index (κ3) is 3.66. The maximum absolute atomic E-state index is 12.2. The van der Waals surface area contributed by atoms with E-state index in [2.05, 4.69) is 4.72 Å². The van der Waals surface area contributed by atoms with Gasteiger partial charge in [-0.2, -0.15) is 0 Å². The van der Waals surface area contributed by atoms with Gasteiger partial charge in [-0.25, -0.2) is 13.1 Å². The number of nitrogens with one attached hydrogen (secondary N) is 1. The Morgan fingerprint density at radius 2 is 2.24 bits per heavy atom. The highest BCUT2D eigenvalue weighted by molar-refractivity contribution is 7.89. The zero-order valence-electron chi connectivity index (χ0n) is 12.5. The van der Waals surface area contributed by atoms with E-state index in [-0.39, 0.29) is 11.0 Å². The average molecular weight is 313 g/mol. The number of anilines is 2. The van der Waals surface area contributed by atoms with Crippen molar-refractivity contribution < 1.29 is 13.2 Å². The fourth-order valence-electron chi connectivity index (χ4n) is 2.55. The Labute approximate surface area is 126 Å². The van der Waals surface area contributed by atoms with E-state index >= 15 is 0 Å². The van der Waals surface area contributed by atoms with Crippen LogP contribution in [-0.2, 0) is 14.8 Å². The molecule has 1 aromatic rings. The minimum absolute atomic E-state index is 0.160. The smallest absolute Gasteiger partial charge is 0.242 e. The Balaban J connectivity index is 2.36. The molecule has 0 spiro atoms. The summed E-state index contributed by atoms with van der Waals surface area (Å²) in [6, 6.07) is 4.99. The molecule has 1 aliphatic rings. The summed E-state index contributed by atoms with van der Waals surface area (Å²) in [4.78, 5) is 2.24. The lowest BCUT2D eigenvalue weighted by atomic mass is 10.2. The largest absolute Gasteiger partial charge is 0.399 e. The van der Waals surface area contributed by atoms with Crippen LogP contribution in [0.15, 0.2) is 23.1 Å². The number of likely N-dealkylation sites (N-methyl/N-ethyl adjacent to an activating group) is 1. The maximum atomic E-state index is 12.2. The summed E-state index contributed by atoms with van der Waals surface area (Å²) < 4.78 is 32.4. The van der Waals surface area contributed by atoms with Crippen molar-refractivity contribution in [1.29, 1.82) is 0 Å². The van der Waals surface area contributed by atoms with Crippen molar-refractivity contribution in [1.82, 2.24) is 4.72 Å². The molecule has 0 bridgehead atoms. The van der Waals surface area contributed by atoms with Crippen LogP contribution in [0.4, 0.5) is 11.4 Å². The predicted octanol–water partition coefficient (Wildman–Crippen LogP) is 1.18. The van der Waals surface area contributed by atoms with E-state index in [0.29, 0.717) is 24.5 Å². The van der Waals surface area contributed by atoms with Crippen molar-refractivity contribution in [2.24, 2.45) is 0 Å². The molecule has 21 heavy (non-hydrogen) atoms. The first-order valence-corrected chi connectivity index (χ1v) is 8.66. The molecule has 6 nitrogen and oxygen atoms in total. The maximum Gasteiger partial charge on any atom is 0.242 e. The molecule has 118 valence electrons. The number of rotatable bonds is 6. The lowest BCUT2D eigenvalue weighted by Crippen LogP contribution is -2.34. The van der Waals surface area contributed by atoms with E-state index in [9.17, 15) is 8.42 Å². The fourth-order valence-corrected chi connectivity index (χ4v) is 3.53. The second-order valence-corrected chi connectivity index (χ2v) is 6.96. The van der Waals surface area contributed by atoms with Gasteiger partial charge in [0.2, 0.25) is 10.0 Å². The predicted molar refractivity (Wildman–Crippen MR) is 84.0 cm³/mol. The molecule has 0 saturated carbocycles. The van der Waals surface area contributed by atoms with E-state index in [1.54, 1.807) is 12.1 Å². The van der Waals surface area contributed by atoms with Gasteiger partial charge < -0.3 is 15.4 Å². The minimum Gasteiger partial charge on any atom is -0.399 e. The van der Waals surface area contributed by atoms with Crippen molar-refractivity contribution in [3.63, 3.8) is 0 Å². The van der Waals surface area contributed by atoms with Gasteiger partial charge in [-0.05, 0) is 45.0 Å². The molecule has 7 heteroatoms. The molecule has 1 fully saturated rings. The molecule has 1 unspecified atom stereocenters. The van der Waals surface area contributed by atoms with E-state index in [0.717, 1.165) is 19.4 Å². The van der Waals surface area contributed by atoms with Crippen molar-refractivity contribution >= 4 is 21.4 Å². The number of nitrogen functional groups attached to an aromatic ring is 1. The van der Waals surface area contributed by atoms with Crippen molar-refractivity contribution in [3.8, 4) is 0 Å². The highest BCUT2D eigenvalue weighted by Gasteiger charge is 2.24. The minimum atomic E-state index is -3.55. The average Bonchev–Trinajstić information content (AvgIpc) is 2.98. The van der Waals surface area contributed by atoms with Crippen LogP contribution in [0.5, 0.6) is 0 Å². The van der Waals surface area contributed by atoms with Gasteiger partial charge in [-0.15, -0.1) is 0 Å². The van der Waals surface area contributed by atoms with Crippen LogP contribution < -0.4 is 15.4 Å². The van der Waals surface area contributed by atoms with Crippen molar-refractivity contribution in [2.75, 3.05) is 37.4 Å². The highest BCUT2D eigenvalue weighted by Crippen LogP contribution is 2.28. The Kier molecular flexibility index (Phi) is 5.08. The number of nitrogens with two attached hydrogens (primary N) is 1. The first-order chi connectivity index (χ1) is 9.97. The van der Waals surface area contributed by atoms with Gasteiger partial charge in [0.1, 0.15) is 4.90 Å². The van der Waals surface area contributed by atoms with Crippen LogP contribution in [0.3, 0.4) is 0 Å². The van der Waals surface area contributed by atoms with Gasteiger partial charge >= 0.3 is 0 Å². The number of hydrogen-bond donors (Lipinski definition) is 2. The lowest BCUT2D eigenvalue weighted by molar-refractivity contribution is 0.115. The first-order valence-electron chi connectivity index (χ1n) is 7.17. The Morgan fingerprint density at radius 3 is 2.81 bits per heavy atom. The topological polar surface area (TPSA) is 84.7 Å². The standard InChI is InChI=1S/C14H23N3O3S/c1-3-17(10-12-5-4-8-20-12)13-7-6-11(15)9-14(13)21(18,19)16-2/h6-7,9,12,16H,3-5,8,10,15H2,1-2H3. The van der Waals surface area contributed by atoms with Crippen LogP contribution in [0.1, 0.15) is 19.8 Å². The molecule has 0 aromatic heterocycles. The van der Waals surface area contributed by atoms with E-state index in [1.807, 2.05) is 11.8 Å². The number of ether oxygens (including phenoxy) is 1. The van der Waals surface area contributed by atoms with Crippen LogP contribution in [0.25, 0.3) is 0 Å². The summed E-state index contributed by atoms with van der Waals surface area (Å²) in [5.41, 5.74) is 6.84. The molecule has 1 atom stereocenters. The first kappa shape index (κ1) is 16.1. The number of benzene rings is 1. The number of sulfonamides is 1. The summed E-state index contributed by atoms with van der Waals surface area (Å²) in [7, 11) is -2.15. The van der Waals surface area contributed by atoms with Gasteiger partial charge in [0.05, 0.1) is 11.8 Å². The lowest BCUT2D eigenvalue weighted by Gasteiger charge is -2.28. The SMILES string of the molecule is CCN(CC1CCCO1)c1ccc(N)cc1S(=O)(=O)NC. The summed E-state index contributed by atoms with van der Waals surface area (Å²) in [5, 5.41) is 0. The van der Waals surface area contributed by atoms with E-state index < -0.39 is 10.0 Å². The van der Waals surface area contributed by atoms with Crippen LogP contribution >= 0.6 is 0 Å². The molecule has 1 aliphatic heterocycles. The van der Waals surface area contributed by atoms with Gasteiger partial charge in [0.15, 0.2) is 0 Å². The second-order valence-electron chi connectivity index (χ2n) is 5.11. The molecule has 2 rings (SSSR count). The van der Waals surface area contributed by atoms with E-state index in [4.69, 9.17) is 10.5 Å². The van der Waals surface area contributed by atoms with Gasteiger partial charge in [-0.1, -0.05) is 0 Å². The van der Waals surface area contributed by atoms with Crippen LogP contribution in [-0.4, -0.2) is 41.3 Å². The Hall–Kier alpha value is -1.31. The summed E-state index contributed by atoms with van der Waals surface area (Å²) in [6.07, 6.45) is 2.23. The Morgan fingerprint density at radius 1 is 1.48 bits per heavy atom. The molecule has 0 amide bonds. The molecule has 1 heterocycles. The molecule has 3 N–H and O–H groups in total. The summed E-state index contributed by atoms with van der Waals surface area (Å²) >= 11 is 0. The molecule has 1 aromatic carbocycles. The van der Waals surface area contributed by atoms with Crippen molar-refractivity contribution in [3.05, 3.63) is 18.2 Å². The number of hydrogen-bond acceptors (Lipinski definition) is 5. The normalized spacial score (nSPS) is 18.9. The highest BCUT2D eigenvalue weighted by atomic mass is 32.2. The van der Waals surface area contributed by atoms with Gasteiger partial charge in [0, 0.05) is 25.4 Å². The van der Waals surface area contributed by atoms with Gasteiger partial charge in [-0.3, -0.25) is 0 Å².